The monoisotopic (exact) mass is 332 g/mol. The lowest BCUT2D eigenvalue weighted by Crippen LogP contribution is -2.34. The van der Waals surface area contributed by atoms with Crippen LogP contribution in [0.3, 0.4) is 0 Å². The highest BCUT2D eigenvalue weighted by Gasteiger charge is 2.35. The first-order valence-corrected chi connectivity index (χ1v) is 8.43. The number of anilines is 1. The molecule has 0 radical (unpaired) electrons. The van der Waals surface area contributed by atoms with Crippen molar-refractivity contribution in [3.05, 3.63) is 52.5 Å². The van der Waals surface area contributed by atoms with Crippen molar-refractivity contribution in [1.82, 2.24) is 5.32 Å². The molecule has 0 bridgehead atoms. The van der Waals surface area contributed by atoms with E-state index in [1.54, 1.807) is 29.5 Å². The largest absolute Gasteiger partial charge is 0.355 e. The molecule has 3 rings (SSSR count). The van der Waals surface area contributed by atoms with Gasteiger partial charge in [-0.2, -0.15) is 11.3 Å². The molecular formula is C17H17FN2O2S. The number of halogens is 1. The van der Waals surface area contributed by atoms with E-state index in [1.165, 1.54) is 16.5 Å². The highest BCUT2D eigenvalue weighted by atomic mass is 32.1. The standard InChI is InChI=1S/C17H17FN2O2S/c18-14-3-1-2-4-15(14)20-10-13(9-16(20)21)17(22)19-7-5-12-6-8-23-11-12/h1-4,6,8,11,13H,5,7,9-10H2,(H,19,22). The first kappa shape index (κ1) is 15.7. The number of para-hydroxylation sites is 1. The Hall–Kier alpha value is -2.21. The second-order valence-electron chi connectivity index (χ2n) is 5.53. The van der Waals surface area contributed by atoms with E-state index in [0.717, 1.165) is 6.42 Å². The predicted octanol–water partition coefficient (Wildman–Crippen LogP) is 2.60. The summed E-state index contributed by atoms with van der Waals surface area (Å²) in [7, 11) is 0. The normalized spacial score (nSPS) is 17.5. The third-order valence-electron chi connectivity index (χ3n) is 3.93. The van der Waals surface area contributed by atoms with Crippen molar-refractivity contribution in [3.63, 3.8) is 0 Å². The summed E-state index contributed by atoms with van der Waals surface area (Å²) in [5.41, 5.74) is 1.43. The Morgan fingerprint density at radius 1 is 1.35 bits per heavy atom. The lowest BCUT2D eigenvalue weighted by molar-refractivity contribution is -0.126. The number of nitrogens with zero attached hydrogens (tertiary/aromatic N) is 1. The van der Waals surface area contributed by atoms with Crippen LogP contribution in [0.1, 0.15) is 12.0 Å². The molecule has 0 aliphatic carbocycles. The third kappa shape index (κ3) is 3.59. The van der Waals surface area contributed by atoms with Crippen LogP contribution in [0.25, 0.3) is 0 Å². The summed E-state index contributed by atoms with van der Waals surface area (Å²) >= 11 is 1.62. The van der Waals surface area contributed by atoms with Gasteiger partial charge in [0.05, 0.1) is 11.6 Å². The molecule has 1 saturated heterocycles. The van der Waals surface area contributed by atoms with Crippen molar-refractivity contribution >= 4 is 28.8 Å². The van der Waals surface area contributed by atoms with Gasteiger partial charge in [0.25, 0.3) is 0 Å². The Bertz CT molecular complexity index is 702. The van der Waals surface area contributed by atoms with Gasteiger partial charge in [0.2, 0.25) is 11.8 Å². The smallest absolute Gasteiger partial charge is 0.227 e. The lowest BCUT2D eigenvalue weighted by Gasteiger charge is -2.17. The zero-order chi connectivity index (χ0) is 16.2. The highest BCUT2D eigenvalue weighted by molar-refractivity contribution is 7.07. The maximum atomic E-state index is 13.8. The third-order valence-corrected chi connectivity index (χ3v) is 4.66. The first-order chi connectivity index (χ1) is 11.1. The molecule has 1 unspecified atom stereocenters. The predicted molar refractivity (Wildman–Crippen MR) is 87.9 cm³/mol. The Kier molecular flexibility index (Phi) is 4.71. The van der Waals surface area contributed by atoms with Gasteiger partial charge in [-0.1, -0.05) is 12.1 Å². The van der Waals surface area contributed by atoms with Crippen molar-refractivity contribution in [1.29, 1.82) is 0 Å². The molecule has 1 aromatic heterocycles. The Morgan fingerprint density at radius 3 is 2.91 bits per heavy atom. The number of carbonyl (C=O) groups is 2. The molecule has 4 nitrogen and oxygen atoms in total. The second-order valence-corrected chi connectivity index (χ2v) is 6.31. The fourth-order valence-electron chi connectivity index (χ4n) is 2.70. The van der Waals surface area contributed by atoms with Crippen molar-refractivity contribution in [2.75, 3.05) is 18.0 Å². The molecule has 23 heavy (non-hydrogen) atoms. The van der Waals surface area contributed by atoms with Gasteiger partial charge in [-0.25, -0.2) is 4.39 Å². The fraction of sp³-hybridized carbons (Fsp3) is 0.294. The van der Waals surface area contributed by atoms with Crippen LogP contribution in [0.2, 0.25) is 0 Å². The molecule has 6 heteroatoms. The molecule has 2 heterocycles. The number of amides is 2. The van der Waals surface area contributed by atoms with E-state index >= 15 is 0 Å². The average molecular weight is 332 g/mol. The minimum atomic E-state index is -0.445. The number of hydrogen-bond acceptors (Lipinski definition) is 3. The molecule has 1 aliphatic rings. The zero-order valence-electron chi connectivity index (χ0n) is 12.5. The molecule has 0 saturated carbocycles. The van der Waals surface area contributed by atoms with E-state index in [0.29, 0.717) is 6.54 Å². The molecule has 0 spiro atoms. The SMILES string of the molecule is O=C(NCCc1ccsc1)C1CC(=O)N(c2ccccc2F)C1. The van der Waals surface area contributed by atoms with E-state index < -0.39 is 11.7 Å². The van der Waals surface area contributed by atoms with E-state index in [9.17, 15) is 14.0 Å². The van der Waals surface area contributed by atoms with Crippen LogP contribution in [0.5, 0.6) is 0 Å². The summed E-state index contributed by atoms with van der Waals surface area (Å²) in [4.78, 5) is 25.6. The van der Waals surface area contributed by atoms with Crippen LogP contribution in [0.15, 0.2) is 41.1 Å². The van der Waals surface area contributed by atoms with Crippen molar-refractivity contribution in [3.8, 4) is 0 Å². The number of rotatable bonds is 5. The van der Waals surface area contributed by atoms with Crippen LogP contribution in [-0.2, 0) is 16.0 Å². The Balaban J connectivity index is 1.56. The Morgan fingerprint density at radius 2 is 2.17 bits per heavy atom. The quantitative estimate of drug-likeness (QED) is 0.915. The van der Waals surface area contributed by atoms with Crippen molar-refractivity contribution in [2.45, 2.75) is 12.8 Å². The van der Waals surface area contributed by atoms with E-state index in [4.69, 9.17) is 0 Å². The number of carbonyl (C=O) groups excluding carboxylic acids is 2. The minimum absolute atomic E-state index is 0.124. The van der Waals surface area contributed by atoms with Gasteiger partial charge < -0.3 is 10.2 Å². The van der Waals surface area contributed by atoms with Gasteiger partial charge in [-0.05, 0) is 40.9 Å². The zero-order valence-corrected chi connectivity index (χ0v) is 13.3. The van der Waals surface area contributed by atoms with Gasteiger partial charge >= 0.3 is 0 Å². The van der Waals surface area contributed by atoms with Crippen LogP contribution in [0.4, 0.5) is 10.1 Å². The Labute approximate surface area is 137 Å². The molecule has 120 valence electrons. The van der Waals surface area contributed by atoms with E-state index in [2.05, 4.69) is 5.32 Å². The molecule has 1 aliphatic heterocycles. The summed E-state index contributed by atoms with van der Waals surface area (Å²) in [5, 5.41) is 6.91. The summed E-state index contributed by atoms with van der Waals surface area (Å²) in [5.74, 6) is -1.23. The molecule has 2 aromatic rings. The average Bonchev–Trinajstić information content (AvgIpc) is 3.17. The maximum Gasteiger partial charge on any atom is 0.227 e. The molecule has 1 fully saturated rings. The topological polar surface area (TPSA) is 49.4 Å². The molecular weight excluding hydrogens is 315 g/mol. The summed E-state index contributed by atoms with van der Waals surface area (Å²) in [6.45, 7) is 0.768. The van der Waals surface area contributed by atoms with Crippen LogP contribution in [0, 0.1) is 11.7 Å². The maximum absolute atomic E-state index is 13.8. The first-order valence-electron chi connectivity index (χ1n) is 7.49. The fourth-order valence-corrected chi connectivity index (χ4v) is 3.40. The second kappa shape index (κ2) is 6.91. The lowest BCUT2D eigenvalue weighted by atomic mass is 10.1. The van der Waals surface area contributed by atoms with Gasteiger partial charge in [-0.15, -0.1) is 0 Å². The molecule has 1 atom stereocenters. The minimum Gasteiger partial charge on any atom is -0.355 e. The van der Waals surface area contributed by atoms with E-state index in [1.807, 2.05) is 16.8 Å². The van der Waals surface area contributed by atoms with Crippen LogP contribution >= 0.6 is 11.3 Å². The van der Waals surface area contributed by atoms with Gasteiger partial charge in [0.15, 0.2) is 0 Å². The van der Waals surface area contributed by atoms with Gasteiger partial charge in [0, 0.05) is 19.5 Å². The highest BCUT2D eigenvalue weighted by Crippen LogP contribution is 2.27. The number of benzene rings is 1. The number of nitrogens with one attached hydrogen (secondary N) is 1. The van der Waals surface area contributed by atoms with Crippen molar-refractivity contribution < 1.29 is 14.0 Å². The summed E-state index contributed by atoms with van der Waals surface area (Å²) in [6, 6.07) is 8.16. The van der Waals surface area contributed by atoms with Crippen LogP contribution < -0.4 is 10.2 Å². The van der Waals surface area contributed by atoms with Gasteiger partial charge in [-0.3, -0.25) is 9.59 Å². The molecule has 1 N–H and O–H groups in total. The number of thiophene rings is 1. The summed E-state index contributed by atoms with van der Waals surface area (Å²) in [6.07, 6.45) is 0.894. The molecule has 1 aromatic carbocycles. The summed E-state index contributed by atoms with van der Waals surface area (Å²) < 4.78 is 13.8. The van der Waals surface area contributed by atoms with Gasteiger partial charge in [0.1, 0.15) is 5.82 Å². The number of hydrogen-bond donors (Lipinski definition) is 1. The van der Waals surface area contributed by atoms with E-state index in [-0.39, 0.29) is 30.5 Å². The molecule has 2 amide bonds. The van der Waals surface area contributed by atoms with Crippen molar-refractivity contribution in [2.24, 2.45) is 5.92 Å². The van der Waals surface area contributed by atoms with Crippen LogP contribution in [-0.4, -0.2) is 24.9 Å².